The number of carbonyl (C=O) groups excluding carboxylic acids is 2. The molecule has 0 aromatic heterocycles. The zero-order valence-electron chi connectivity index (χ0n) is 25.6. The van der Waals surface area contributed by atoms with Crippen LogP contribution >= 0.6 is 0 Å². The van der Waals surface area contributed by atoms with Gasteiger partial charge in [0, 0.05) is 19.5 Å². The number of anilines is 1. The van der Waals surface area contributed by atoms with Gasteiger partial charge in [-0.3, -0.25) is 13.9 Å². The molecule has 4 rings (SSSR count). The summed E-state index contributed by atoms with van der Waals surface area (Å²) in [6.07, 6.45) is 0.197. The highest BCUT2D eigenvalue weighted by atomic mass is 32.2. The van der Waals surface area contributed by atoms with Gasteiger partial charge in [-0.15, -0.1) is 0 Å². The number of rotatable bonds is 14. The van der Waals surface area contributed by atoms with Crippen molar-refractivity contribution in [2.45, 2.75) is 37.8 Å². The molecule has 8 nitrogen and oxygen atoms in total. The molecule has 4 aromatic carbocycles. The van der Waals surface area contributed by atoms with Gasteiger partial charge in [-0.05, 0) is 65.6 Å². The fourth-order valence-corrected chi connectivity index (χ4v) is 6.23. The van der Waals surface area contributed by atoms with E-state index in [9.17, 15) is 22.4 Å². The fraction of sp³-hybridized carbons (Fsp3) is 0.257. The van der Waals surface area contributed by atoms with Crippen molar-refractivity contribution in [3.8, 4) is 5.75 Å². The van der Waals surface area contributed by atoms with Gasteiger partial charge in [0.2, 0.25) is 11.8 Å². The molecule has 0 aliphatic rings. The van der Waals surface area contributed by atoms with Crippen LogP contribution in [0.2, 0.25) is 0 Å². The predicted octanol–water partition coefficient (Wildman–Crippen LogP) is 5.44. The summed E-state index contributed by atoms with van der Waals surface area (Å²) in [7, 11) is -2.73. The van der Waals surface area contributed by atoms with Gasteiger partial charge in [0.15, 0.2) is 0 Å². The van der Waals surface area contributed by atoms with Crippen LogP contribution in [-0.2, 0) is 32.6 Å². The van der Waals surface area contributed by atoms with Crippen LogP contribution in [-0.4, -0.2) is 51.4 Å². The van der Waals surface area contributed by atoms with Crippen molar-refractivity contribution in [2.75, 3.05) is 24.5 Å². The van der Waals surface area contributed by atoms with E-state index in [1.54, 1.807) is 36.4 Å². The zero-order valence-corrected chi connectivity index (χ0v) is 26.4. The Labute approximate surface area is 264 Å². The average molecular weight is 632 g/mol. The number of methoxy groups -OCH3 is 1. The van der Waals surface area contributed by atoms with E-state index in [4.69, 9.17) is 4.74 Å². The minimum Gasteiger partial charge on any atom is -0.497 e. The number of halogens is 1. The Kier molecular flexibility index (Phi) is 11.3. The van der Waals surface area contributed by atoms with E-state index in [1.165, 1.54) is 36.3 Å². The van der Waals surface area contributed by atoms with Crippen molar-refractivity contribution in [3.05, 3.63) is 126 Å². The van der Waals surface area contributed by atoms with Gasteiger partial charge >= 0.3 is 0 Å². The third-order valence-electron chi connectivity index (χ3n) is 7.17. The summed E-state index contributed by atoms with van der Waals surface area (Å²) in [5.41, 5.74) is 1.63. The molecule has 0 saturated heterocycles. The summed E-state index contributed by atoms with van der Waals surface area (Å²) in [5.74, 6) is -0.779. The Balaban J connectivity index is 1.80. The number of benzene rings is 4. The van der Waals surface area contributed by atoms with Crippen molar-refractivity contribution in [3.63, 3.8) is 0 Å². The number of ether oxygens (including phenoxy) is 1. The summed E-state index contributed by atoms with van der Waals surface area (Å²) in [6, 6.07) is 28.1. The number of nitrogens with one attached hydrogen (secondary N) is 1. The van der Waals surface area contributed by atoms with Crippen molar-refractivity contribution < 1.29 is 27.1 Å². The third kappa shape index (κ3) is 8.92. The number of hydrogen-bond acceptors (Lipinski definition) is 5. The van der Waals surface area contributed by atoms with Crippen molar-refractivity contribution in [2.24, 2.45) is 5.92 Å². The molecule has 1 atom stereocenters. The normalized spacial score (nSPS) is 11.9. The summed E-state index contributed by atoms with van der Waals surface area (Å²) >= 11 is 0. The van der Waals surface area contributed by atoms with E-state index in [0.717, 1.165) is 22.0 Å². The highest BCUT2D eigenvalue weighted by molar-refractivity contribution is 7.92. The first-order valence-electron chi connectivity index (χ1n) is 14.7. The Bertz CT molecular complexity index is 1670. The van der Waals surface area contributed by atoms with Crippen LogP contribution in [0, 0.1) is 11.7 Å². The van der Waals surface area contributed by atoms with E-state index in [1.807, 2.05) is 50.2 Å². The maximum Gasteiger partial charge on any atom is 0.264 e. The zero-order chi connectivity index (χ0) is 32.4. The van der Waals surface area contributed by atoms with Crippen LogP contribution in [0.15, 0.2) is 114 Å². The van der Waals surface area contributed by atoms with Gasteiger partial charge in [0.05, 0.1) is 17.7 Å². The molecule has 236 valence electrons. The average Bonchev–Trinajstić information content (AvgIpc) is 3.05. The van der Waals surface area contributed by atoms with E-state index in [-0.39, 0.29) is 35.4 Å². The molecule has 1 unspecified atom stereocenters. The van der Waals surface area contributed by atoms with E-state index in [0.29, 0.717) is 17.9 Å². The number of sulfonamides is 1. The molecule has 10 heteroatoms. The Hall–Kier alpha value is -4.70. The standard InChI is InChI=1S/C35H38FN3O5S/c1-26(2)23-37-35(41)33(22-27-11-6-4-7-12-27)38(24-28-13-10-14-31(21-28)44-3)34(40)25-39(30-19-17-29(36)18-20-30)45(42,43)32-15-8-5-9-16-32/h4-21,26,33H,22-25H2,1-3H3,(H,37,41). The van der Waals surface area contributed by atoms with Crippen LogP contribution in [0.25, 0.3) is 0 Å². The van der Waals surface area contributed by atoms with Crippen LogP contribution < -0.4 is 14.4 Å². The van der Waals surface area contributed by atoms with E-state index in [2.05, 4.69) is 5.32 Å². The highest BCUT2D eigenvalue weighted by Crippen LogP contribution is 2.26. The minimum atomic E-state index is -4.26. The maximum atomic E-state index is 14.4. The molecular weight excluding hydrogens is 593 g/mol. The van der Waals surface area contributed by atoms with Crippen molar-refractivity contribution in [1.82, 2.24) is 10.2 Å². The van der Waals surface area contributed by atoms with E-state index < -0.39 is 34.3 Å². The number of nitrogens with zero attached hydrogens (tertiary/aromatic N) is 2. The Morgan fingerprint density at radius 2 is 1.47 bits per heavy atom. The Morgan fingerprint density at radius 1 is 0.844 bits per heavy atom. The van der Waals surface area contributed by atoms with Gasteiger partial charge in [-0.1, -0.05) is 74.5 Å². The first-order valence-corrected chi connectivity index (χ1v) is 16.1. The lowest BCUT2D eigenvalue weighted by atomic mass is 10.0. The van der Waals surface area contributed by atoms with Crippen molar-refractivity contribution in [1.29, 1.82) is 0 Å². The molecule has 0 saturated carbocycles. The summed E-state index contributed by atoms with van der Waals surface area (Å²) in [5, 5.41) is 2.96. The predicted molar refractivity (Wildman–Crippen MR) is 173 cm³/mol. The molecular formula is C35H38FN3O5S. The second kappa shape index (κ2) is 15.3. The summed E-state index contributed by atoms with van der Waals surface area (Å²) < 4.78 is 48.2. The molecule has 0 fully saturated rings. The molecule has 0 bridgehead atoms. The van der Waals surface area contributed by atoms with Gasteiger partial charge in [-0.25, -0.2) is 12.8 Å². The molecule has 0 spiro atoms. The lowest BCUT2D eigenvalue weighted by Gasteiger charge is -2.34. The van der Waals surface area contributed by atoms with Gasteiger partial charge < -0.3 is 15.0 Å². The van der Waals surface area contributed by atoms with Gasteiger partial charge in [0.25, 0.3) is 10.0 Å². The summed E-state index contributed by atoms with van der Waals surface area (Å²) in [4.78, 5) is 29.6. The monoisotopic (exact) mass is 631 g/mol. The van der Waals surface area contributed by atoms with Gasteiger partial charge in [-0.2, -0.15) is 0 Å². The summed E-state index contributed by atoms with van der Waals surface area (Å²) in [6.45, 7) is 3.72. The lowest BCUT2D eigenvalue weighted by molar-refractivity contribution is -0.140. The number of carbonyl (C=O) groups is 2. The Morgan fingerprint density at radius 3 is 2.09 bits per heavy atom. The van der Waals surface area contributed by atoms with Crippen LogP contribution in [0.1, 0.15) is 25.0 Å². The van der Waals surface area contributed by atoms with Crippen LogP contribution in [0.4, 0.5) is 10.1 Å². The SMILES string of the molecule is COc1cccc(CN(C(=O)CN(c2ccc(F)cc2)S(=O)(=O)c2ccccc2)C(Cc2ccccc2)C(=O)NCC(C)C)c1. The minimum absolute atomic E-state index is 0.00523. The fourth-order valence-electron chi connectivity index (χ4n) is 4.80. The molecule has 0 heterocycles. The van der Waals surface area contributed by atoms with Crippen LogP contribution in [0.3, 0.4) is 0 Å². The topological polar surface area (TPSA) is 96.0 Å². The highest BCUT2D eigenvalue weighted by Gasteiger charge is 2.34. The smallest absolute Gasteiger partial charge is 0.264 e. The number of amides is 2. The van der Waals surface area contributed by atoms with Crippen molar-refractivity contribution >= 4 is 27.5 Å². The first kappa shape index (κ1) is 33.2. The molecule has 1 N–H and O–H groups in total. The largest absolute Gasteiger partial charge is 0.497 e. The second-order valence-corrected chi connectivity index (χ2v) is 12.9. The maximum absolute atomic E-state index is 14.4. The first-order chi connectivity index (χ1) is 21.6. The second-order valence-electron chi connectivity index (χ2n) is 11.0. The van der Waals surface area contributed by atoms with Crippen LogP contribution in [0.5, 0.6) is 5.75 Å². The molecule has 0 aliphatic heterocycles. The molecule has 2 amide bonds. The number of hydrogen-bond donors (Lipinski definition) is 1. The molecule has 0 aliphatic carbocycles. The molecule has 45 heavy (non-hydrogen) atoms. The third-order valence-corrected chi connectivity index (χ3v) is 8.96. The molecule has 0 radical (unpaired) electrons. The van der Waals surface area contributed by atoms with E-state index >= 15 is 0 Å². The lowest BCUT2D eigenvalue weighted by Crippen LogP contribution is -2.53. The quantitative estimate of drug-likeness (QED) is 0.200. The molecule has 4 aromatic rings. The van der Waals surface area contributed by atoms with Gasteiger partial charge in [0.1, 0.15) is 24.2 Å².